The van der Waals surface area contributed by atoms with Crippen LogP contribution in [0.5, 0.6) is 0 Å². The Kier molecular flexibility index (Phi) is 6.31. The number of carbonyl (C=O) groups is 2. The summed E-state index contributed by atoms with van der Waals surface area (Å²) in [6.07, 6.45) is 2.34. The molecule has 0 radical (unpaired) electrons. The lowest BCUT2D eigenvalue weighted by Crippen LogP contribution is -2.20. The summed E-state index contributed by atoms with van der Waals surface area (Å²) in [6.45, 7) is -0.596. The number of nitro benzene ring substituents is 2. The molecule has 0 aliphatic heterocycles. The van der Waals surface area contributed by atoms with Crippen molar-refractivity contribution >= 4 is 35.0 Å². The Morgan fingerprint density at radius 3 is 2.30 bits per heavy atom. The summed E-state index contributed by atoms with van der Waals surface area (Å²) in [5.41, 5.74) is 0.297. The van der Waals surface area contributed by atoms with Crippen LogP contribution in [0.1, 0.15) is 5.56 Å². The zero-order valence-corrected chi connectivity index (χ0v) is 13.7. The quantitative estimate of drug-likeness (QED) is 0.341. The molecular formula is C17H13N3O7. The van der Waals surface area contributed by atoms with Crippen molar-refractivity contribution in [1.29, 1.82) is 0 Å². The maximum atomic E-state index is 11.7. The predicted molar refractivity (Wildman–Crippen MR) is 94.8 cm³/mol. The minimum atomic E-state index is -0.823. The van der Waals surface area contributed by atoms with Crippen molar-refractivity contribution in [2.45, 2.75) is 0 Å². The Balaban J connectivity index is 1.87. The first kappa shape index (κ1) is 19.2. The molecule has 10 nitrogen and oxygen atoms in total. The summed E-state index contributed by atoms with van der Waals surface area (Å²) in [7, 11) is 0. The molecule has 0 aliphatic rings. The van der Waals surface area contributed by atoms with Crippen LogP contribution in [0.15, 0.2) is 54.6 Å². The molecule has 2 aromatic rings. The molecule has 0 saturated carbocycles. The van der Waals surface area contributed by atoms with Gasteiger partial charge in [-0.05, 0) is 17.7 Å². The normalized spacial score (nSPS) is 10.4. The zero-order valence-electron chi connectivity index (χ0n) is 13.7. The molecule has 0 saturated heterocycles. The minimum Gasteiger partial charge on any atom is -0.452 e. The van der Waals surface area contributed by atoms with Gasteiger partial charge in [-0.3, -0.25) is 25.0 Å². The number of non-ortho nitro benzene ring substituents is 2. The van der Waals surface area contributed by atoms with Crippen LogP contribution in [0.2, 0.25) is 0 Å². The third-order valence-corrected chi connectivity index (χ3v) is 3.18. The van der Waals surface area contributed by atoms with Gasteiger partial charge >= 0.3 is 5.97 Å². The average molecular weight is 371 g/mol. The first-order valence-corrected chi connectivity index (χ1v) is 7.49. The molecule has 138 valence electrons. The summed E-state index contributed by atoms with van der Waals surface area (Å²) < 4.78 is 4.75. The minimum absolute atomic E-state index is 0.123. The summed E-state index contributed by atoms with van der Waals surface area (Å²) in [6, 6.07) is 10.9. The van der Waals surface area contributed by atoms with Crippen molar-refractivity contribution in [3.05, 3.63) is 80.4 Å². The van der Waals surface area contributed by atoms with E-state index in [9.17, 15) is 29.8 Å². The molecule has 10 heteroatoms. The van der Waals surface area contributed by atoms with E-state index in [-0.39, 0.29) is 17.1 Å². The van der Waals surface area contributed by atoms with Crippen LogP contribution in [0.3, 0.4) is 0 Å². The largest absolute Gasteiger partial charge is 0.452 e. The summed E-state index contributed by atoms with van der Waals surface area (Å²) >= 11 is 0. The van der Waals surface area contributed by atoms with Gasteiger partial charge in [-0.25, -0.2) is 4.79 Å². The van der Waals surface area contributed by atoms with E-state index in [1.165, 1.54) is 48.5 Å². The van der Waals surface area contributed by atoms with Crippen LogP contribution >= 0.6 is 0 Å². The zero-order chi connectivity index (χ0) is 19.8. The van der Waals surface area contributed by atoms with Gasteiger partial charge in [0.05, 0.1) is 9.85 Å². The third-order valence-electron chi connectivity index (χ3n) is 3.18. The molecule has 0 aliphatic carbocycles. The molecule has 27 heavy (non-hydrogen) atoms. The Hall–Kier alpha value is -4.08. The number of hydrogen-bond donors (Lipinski definition) is 1. The second-order valence-electron chi connectivity index (χ2n) is 5.15. The number of hydrogen-bond acceptors (Lipinski definition) is 7. The number of amides is 1. The van der Waals surface area contributed by atoms with Gasteiger partial charge in [-0.2, -0.15) is 0 Å². The molecular weight excluding hydrogens is 358 g/mol. The van der Waals surface area contributed by atoms with Gasteiger partial charge in [-0.15, -0.1) is 0 Å². The van der Waals surface area contributed by atoms with Crippen LogP contribution in [-0.4, -0.2) is 28.3 Å². The van der Waals surface area contributed by atoms with E-state index in [1.54, 1.807) is 6.07 Å². The van der Waals surface area contributed by atoms with Gasteiger partial charge < -0.3 is 10.1 Å². The fourth-order valence-corrected chi connectivity index (χ4v) is 1.99. The lowest BCUT2D eigenvalue weighted by atomic mass is 10.2. The average Bonchev–Trinajstić information content (AvgIpc) is 2.65. The van der Waals surface area contributed by atoms with Crippen molar-refractivity contribution in [3.8, 4) is 0 Å². The van der Waals surface area contributed by atoms with Crippen LogP contribution in [-0.2, 0) is 14.3 Å². The number of esters is 1. The van der Waals surface area contributed by atoms with Crippen molar-refractivity contribution in [2.24, 2.45) is 0 Å². The summed E-state index contributed by atoms with van der Waals surface area (Å²) in [5, 5.41) is 23.7. The van der Waals surface area contributed by atoms with E-state index in [1.807, 2.05) is 0 Å². The van der Waals surface area contributed by atoms with E-state index in [4.69, 9.17) is 4.74 Å². The number of anilines is 1. The maximum Gasteiger partial charge on any atom is 0.331 e. The van der Waals surface area contributed by atoms with E-state index >= 15 is 0 Å². The Morgan fingerprint density at radius 1 is 1.00 bits per heavy atom. The highest BCUT2D eigenvalue weighted by atomic mass is 16.6. The van der Waals surface area contributed by atoms with Crippen LogP contribution < -0.4 is 5.32 Å². The van der Waals surface area contributed by atoms with E-state index in [0.29, 0.717) is 5.56 Å². The molecule has 2 rings (SSSR count). The molecule has 1 N–H and O–H groups in total. The number of nitrogens with zero attached hydrogens (tertiary/aromatic N) is 2. The highest BCUT2D eigenvalue weighted by Gasteiger charge is 2.10. The SMILES string of the molecule is O=C(COC(=O)/C=C/c1cccc([N+](=O)[O-])c1)Nc1cccc([N+](=O)[O-])c1. The van der Waals surface area contributed by atoms with Gasteiger partial charge in [-0.1, -0.05) is 18.2 Å². The fraction of sp³-hybridized carbons (Fsp3) is 0.0588. The van der Waals surface area contributed by atoms with Gasteiger partial charge in [0.2, 0.25) is 0 Å². The molecule has 2 aromatic carbocycles. The molecule has 0 aromatic heterocycles. The third kappa shape index (κ3) is 6.05. The first-order valence-electron chi connectivity index (χ1n) is 7.49. The van der Waals surface area contributed by atoms with Crippen molar-refractivity contribution in [2.75, 3.05) is 11.9 Å². The first-order chi connectivity index (χ1) is 12.8. The van der Waals surface area contributed by atoms with E-state index in [0.717, 1.165) is 6.08 Å². The smallest absolute Gasteiger partial charge is 0.331 e. The highest BCUT2D eigenvalue weighted by molar-refractivity contribution is 5.94. The monoisotopic (exact) mass is 371 g/mol. The number of nitro groups is 2. The second kappa shape index (κ2) is 8.85. The summed E-state index contributed by atoms with van der Waals surface area (Å²) in [4.78, 5) is 43.6. The van der Waals surface area contributed by atoms with Crippen molar-refractivity contribution in [1.82, 2.24) is 0 Å². The van der Waals surface area contributed by atoms with Crippen molar-refractivity contribution < 1.29 is 24.2 Å². The standard InChI is InChI=1S/C17H13N3O7/c21-16(18-13-4-2-6-15(10-13)20(25)26)11-27-17(22)8-7-12-3-1-5-14(9-12)19(23)24/h1-10H,11H2,(H,18,21)/b8-7+. The fourth-order valence-electron chi connectivity index (χ4n) is 1.99. The van der Waals surface area contributed by atoms with Crippen molar-refractivity contribution in [3.63, 3.8) is 0 Å². The highest BCUT2D eigenvalue weighted by Crippen LogP contribution is 2.17. The van der Waals surface area contributed by atoms with E-state index < -0.39 is 28.3 Å². The summed E-state index contributed by atoms with van der Waals surface area (Å²) in [5.74, 6) is -1.50. The number of carbonyl (C=O) groups excluding carboxylic acids is 2. The lowest BCUT2D eigenvalue weighted by molar-refractivity contribution is -0.385. The topological polar surface area (TPSA) is 142 Å². The van der Waals surface area contributed by atoms with Crippen LogP contribution in [0.4, 0.5) is 17.1 Å². The molecule has 0 bridgehead atoms. The Morgan fingerprint density at radius 2 is 1.63 bits per heavy atom. The molecule has 0 unspecified atom stereocenters. The maximum absolute atomic E-state index is 11.7. The Bertz CT molecular complexity index is 924. The number of nitrogens with one attached hydrogen (secondary N) is 1. The number of benzene rings is 2. The molecule has 0 fully saturated rings. The van der Waals surface area contributed by atoms with Gasteiger partial charge in [0.1, 0.15) is 0 Å². The van der Waals surface area contributed by atoms with Crippen LogP contribution in [0.25, 0.3) is 6.08 Å². The molecule has 0 spiro atoms. The molecule has 0 atom stereocenters. The van der Waals surface area contributed by atoms with Gasteiger partial charge in [0, 0.05) is 36.0 Å². The predicted octanol–water partition coefficient (Wildman–Crippen LogP) is 2.70. The van der Waals surface area contributed by atoms with Gasteiger partial charge in [0.15, 0.2) is 6.61 Å². The molecule has 0 heterocycles. The number of ether oxygens (including phenoxy) is 1. The molecule has 1 amide bonds. The second-order valence-corrected chi connectivity index (χ2v) is 5.15. The van der Waals surface area contributed by atoms with Gasteiger partial charge in [0.25, 0.3) is 17.3 Å². The Labute approximate surface area is 152 Å². The van der Waals surface area contributed by atoms with E-state index in [2.05, 4.69) is 5.32 Å². The van der Waals surface area contributed by atoms with Crippen LogP contribution in [0, 0.1) is 20.2 Å². The lowest BCUT2D eigenvalue weighted by Gasteiger charge is -2.05. The number of rotatable bonds is 7.